The van der Waals surface area contributed by atoms with Gasteiger partial charge in [-0.15, -0.1) is 0 Å². The van der Waals surface area contributed by atoms with Gasteiger partial charge in [-0.1, -0.05) is 47.5 Å². The molecule has 0 bridgehead atoms. The fourth-order valence-corrected chi connectivity index (χ4v) is 2.16. The average molecular weight is 285 g/mol. The number of hydrogen-bond acceptors (Lipinski definition) is 1. The van der Waals surface area contributed by atoms with Gasteiger partial charge < -0.3 is 5.11 Å². The van der Waals surface area contributed by atoms with Crippen LogP contribution in [0.25, 0.3) is 0 Å². The van der Waals surface area contributed by atoms with Gasteiger partial charge in [0, 0.05) is 5.56 Å². The van der Waals surface area contributed by atoms with Crippen LogP contribution in [0.4, 0.5) is 4.39 Å². The van der Waals surface area contributed by atoms with E-state index in [-0.39, 0.29) is 5.82 Å². The number of aliphatic hydroxyl groups is 1. The maximum Gasteiger partial charge on any atom is 0.126 e. The van der Waals surface area contributed by atoms with Gasteiger partial charge in [-0.2, -0.15) is 0 Å². The Bertz CT molecular complexity index is 584. The van der Waals surface area contributed by atoms with Crippen LogP contribution in [0.5, 0.6) is 0 Å². The molecule has 1 unspecified atom stereocenters. The molecule has 94 valence electrons. The Morgan fingerprint density at radius 1 is 1.17 bits per heavy atom. The zero-order valence-electron chi connectivity index (χ0n) is 9.62. The number of benzene rings is 2. The Kier molecular flexibility index (Phi) is 3.91. The van der Waals surface area contributed by atoms with E-state index in [1.54, 1.807) is 31.2 Å². The standard InChI is InChI=1S/C14H11Cl2FO/c1-8-7-9(5-6-12(8)17)14(18)10-3-2-4-11(15)13(10)16/h2-7,14,18H,1H3. The van der Waals surface area contributed by atoms with E-state index >= 15 is 0 Å². The van der Waals surface area contributed by atoms with E-state index in [0.717, 1.165) is 0 Å². The molecular weight excluding hydrogens is 274 g/mol. The molecule has 0 aliphatic rings. The Hall–Kier alpha value is -1.09. The van der Waals surface area contributed by atoms with Crippen LogP contribution >= 0.6 is 23.2 Å². The quantitative estimate of drug-likeness (QED) is 0.860. The number of aliphatic hydroxyl groups excluding tert-OH is 1. The highest BCUT2D eigenvalue weighted by molar-refractivity contribution is 6.42. The minimum Gasteiger partial charge on any atom is -0.384 e. The highest BCUT2D eigenvalue weighted by Crippen LogP contribution is 2.33. The summed E-state index contributed by atoms with van der Waals surface area (Å²) in [5, 5.41) is 10.9. The molecule has 0 saturated carbocycles. The van der Waals surface area contributed by atoms with E-state index in [2.05, 4.69) is 0 Å². The summed E-state index contributed by atoms with van der Waals surface area (Å²) in [6.45, 7) is 1.64. The van der Waals surface area contributed by atoms with Crippen molar-refractivity contribution in [2.45, 2.75) is 13.0 Å². The second-order valence-corrected chi connectivity index (χ2v) is 4.84. The Labute approximate surface area is 115 Å². The second kappa shape index (κ2) is 5.27. The van der Waals surface area contributed by atoms with E-state index in [9.17, 15) is 9.50 Å². The van der Waals surface area contributed by atoms with Gasteiger partial charge in [0.2, 0.25) is 0 Å². The number of hydrogen-bond donors (Lipinski definition) is 1. The first-order valence-electron chi connectivity index (χ1n) is 5.38. The summed E-state index contributed by atoms with van der Waals surface area (Å²) in [5.74, 6) is -0.303. The van der Waals surface area contributed by atoms with E-state index in [0.29, 0.717) is 26.7 Å². The molecular formula is C14H11Cl2FO. The molecule has 2 aromatic carbocycles. The van der Waals surface area contributed by atoms with Crippen molar-refractivity contribution in [3.8, 4) is 0 Å². The predicted molar refractivity (Wildman–Crippen MR) is 71.7 cm³/mol. The lowest BCUT2D eigenvalue weighted by Gasteiger charge is -2.14. The van der Waals surface area contributed by atoms with Crippen molar-refractivity contribution in [2.24, 2.45) is 0 Å². The molecule has 0 fully saturated rings. The number of aryl methyl sites for hydroxylation is 1. The predicted octanol–water partition coefficient (Wildman–Crippen LogP) is 4.52. The molecule has 1 nitrogen and oxygen atoms in total. The fourth-order valence-electron chi connectivity index (χ4n) is 1.75. The SMILES string of the molecule is Cc1cc(C(O)c2cccc(Cl)c2Cl)ccc1F. The average Bonchev–Trinajstić information content (AvgIpc) is 2.35. The molecule has 0 spiro atoms. The molecule has 0 aromatic heterocycles. The van der Waals surface area contributed by atoms with Crippen molar-refractivity contribution in [3.63, 3.8) is 0 Å². The van der Waals surface area contributed by atoms with Gasteiger partial charge >= 0.3 is 0 Å². The van der Waals surface area contributed by atoms with Crippen LogP contribution in [0.1, 0.15) is 22.8 Å². The molecule has 0 amide bonds. The Morgan fingerprint density at radius 3 is 2.56 bits per heavy atom. The van der Waals surface area contributed by atoms with Gasteiger partial charge in [0.05, 0.1) is 10.0 Å². The molecule has 2 rings (SSSR count). The van der Waals surface area contributed by atoms with Gasteiger partial charge in [-0.3, -0.25) is 0 Å². The minimum atomic E-state index is -0.921. The largest absolute Gasteiger partial charge is 0.384 e. The van der Waals surface area contributed by atoms with Gasteiger partial charge in [0.1, 0.15) is 11.9 Å². The summed E-state index contributed by atoms with van der Waals surface area (Å²) in [6, 6.07) is 9.50. The molecule has 1 N–H and O–H groups in total. The van der Waals surface area contributed by atoms with Crippen LogP contribution in [0, 0.1) is 12.7 Å². The summed E-state index contributed by atoms with van der Waals surface area (Å²) in [4.78, 5) is 0. The van der Waals surface area contributed by atoms with E-state index < -0.39 is 6.10 Å². The Morgan fingerprint density at radius 2 is 1.89 bits per heavy atom. The zero-order valence-corrected chi connectivity index (χ0v) is 11.1. The maximum absolute atomic E-state index is 13.2. The summed E-state index contributed by atoms with van der Waals surface area (Å²) >= 11 is 11.9. The third kappa shape index (κ3) is 2.51. The first-order valence-corrected chi connectivity index (χ1v) is 6.14. The van der Waals surface area contributed by atoms with E-state index in [1.165, 1.54) is 12.1 Å². The summed E-state index contributed by atoms with van der Waals surface area (Å²) < 4.78 is 13.2. The van der Waals surface area contributed by atoms with Crippen LogP contribution in [0.2, 0.25) is 10.0 Å². The van der Waals surface area contributed by atoms with Crippen LogP contribution in [0.15, 0.2) is 36.4 Å². The van der Waals surface area contributed by atoms with Crippen LogP contribution < -0.4 is 0 Å². The molecule has 1 atom stereocenters. The molecule has 0 heterocycles. The van der Waals surface area contributed by atoms with E-state index in [4.69, 9.17) is 23.2 Å². The smallest absolute Gasteiger partial charge is 0.126 e. The lowest BCUT2D eigenvalue weighted by molar-refractivity contribution is 0.220. The first-order chi connectivity index (χ1) is 8.50. The van der Waals surface area contributed by atoms with Crippen LogP contribution in [-0.4, -0.2) is 5.11 Å². The molecule has 0 radical (unpaired) electrons. The minimum absolute atomic E-state index is 0.303. The molecule has 4 heteroatoms. The van der Waals surface area contributed by atoms with Gasteiger partial charge in [-0.05, 0) is 30.2 Å². The Balaban J connectivity index is 2.44. The highest BCUT2D eigenvalue weighted by atomic mass is 35.5. The van der Waals surface area contributed by atoms with Crippen molar-refractivity contribution < 1.29 is 9.50 Å². The first kappa shape index (κ1) is 13.3. The summed E-state index contributed by atoms with van der Waals surface area (Å²) in [6.07, 6.45) is -0.921. The topological polar surface area (TPSA) is 20.2 Å². The third-order valence-electron chi connectivity index (χ3n) is 2.77. The highest BCUT2D eigenvalue weighted by Gasteiger charge is 2.16. The molecule has 0 aliphatic heterocycles. The third-order valence-corrected chi connectivity index (χ3v) is 3.61. The van der Waals surface area contributed by atoms with Gasteiger partial charge in [-0.25, -0.2) is 4.39 Å². The number of halogens is 3. The normalized spacial score (nSPS) is 12.5. The molecule has 18 heavy (non-hydrogen) atoms. The lowest BCUT2D eigenvalue weighted by Crippen LogP contribution is -2.01. The summed E-state index contributed by atoms with van der Waals surface area (Å²) in [7, 11) is 0. The zero-order chi connectivity index (χ0) is 13.3. The van der Waals surface area contributed by atoms with Crippen molar-refractivity contribution >= 4 is 23.2 Å². The van der Waals surface area contributed by atoms with Crippen LogP contribution in [-0.2, 0) is 0 Å². The maximum atomic E-state index is 13.2. The van der Waals surface area contributed by atoms with Crippen molar-refractivity contribution in [1.29, 1.82) is 0 Å². The second-order valence-electron chi connectivity index (χ2n) is 4.05. The van der Waals surface area contributed by atoms with Crippen LogP contribution in [0.3, 0.4) is 0 Å². The number of rotatable bonds is 2. The van der Waals surface area contributed by atoms with Gasteiger partial charge in [0.15, 0.2) is 0 Å². The van der Waals surface area contributed by atoms with Gasteiger partial charge in [0.25, 0.3) is 0 Å². The summed E-state index contributed by atoms with van der Waals surface area (Å²) in [5.41, 5.74) is 1.57. The molecule has 2 aromatic rings. The van der Waals surface area contributed by atoms with Crippen molar-refractivity contribution in [1.82, 2.24) is 0 Å². The lowest BCUT2D eigenvalue weighted by atomic mass is 10.00. The fraction of sp³-hybridized carbons (Fsp3) is 0.143. The van der Waals surface area contributed by atoms with E-state index in [1.807, 2.05) is 0 Å². The molecule has 0 saturated heterocycles. The van der Waals surface area contributed by atoms with Crippen molar-refractivity contribution in [2.75, 3.05) is 0 Å². The van der Waals surface area contributed by atoms with Crippen molar-refractivity contribution in [3.05, 3.63) is 69.0 Å². The monoisotopic (exact) mass is 284 g/mol. The molecule has 0 aliphatic carbocycles.